The predicted octanol–water partition coefficient (Wildman–Crippen LogP) is 3.91. The number of nitrogens with one attached hydrogen (secondary N) is 1. The van der Waals surface area contributed by atoms with Gasteiger partial charge in [-0.3, -0.25) is 4.79 Å². The topological polar surface area (TPSA) is 55.1 Å². The van der Waals surface area contributed by atoms with Gasteiger partial charge >= 0.3 is 0 Å². The fourth-order valence-corrected chi connectivity index (χ4v) is 3.88. The maximum atomic E-state index is 12.6. The number of halogens is 1. The van der Waals surface area contributed by atoms with Crippen LogP contribution in [0.3, 0.4) is 0 Å². The number of rotatable bonds is 2. The number of nitrogens with two attached hydrogens (primary N) is 1. The maximum absolute atomic E-state index is 12.6. The zero-order valence-corrected chi connectivity index (χ0v) is 14.0. The summed E-state index contributed by atoms with van der Waals surface area (Å²) >= 11 is 3.52. The first-order chi connectivity index (χ1) is 9.32. The Kier molecular flexibility index (Phi) is 4.55. The van der Waals surface area contributed by atoms with E-state index in [1.54, 1.807) is 0 Å². The van der Waals surface area contributed by atoms with Gasteiger partial charge in [-0.1, -0.05) is 25.8 Å². The lowest BCUT2D eigenvalue weighted by molar-refractivity contribution is -0.122. The lowest BCUT2D eigenvalue weighted by Gasteiger charge is -2.35. The summed E-state index contributed by atoms with van der Waals surface area (Å²) in [5, 5.41) is 3.03. The van der Waals surface area contributed by atoms with Gasteiger partial charge in [-0.05, 0) is 65.7 Å². The van der Waals surface area contributed by atoms with Crippen molar-refractivity contribution in [1.82, 2.24) is 0 Å². The minimum atomic E-state index is -0.728. The van der Waals surface area contributed by atoms with E-state index in [0.29, 0.717) is 5.92 Å². The lowest BCUT2D eigenvalue weighted by Crippen LogP contribution is -2.53. The first kappa shape index (κ1) is 15.5. The summed E-state index contributed by atoms with van der Waals surface area (Å²) in [5.41, 5.74) is 8.67. The summed E-state index contributed by atoms with van der Waals surface area (Å²) in [7, 11) is 0. The molecule has 1 fully saturated rings. The highest BCUT2D eigenvalue weighted by atomic mass is 79.9. The third-order valence-electron chi connectivity index (χ3n) is 4.16. The third kappa shape index (κ3) is 3.23. The van der Waals surface area contributed by atoms with Crippen molar-refractivity contribution in [3.8, 4) is 0 Å². The van der Waals surface area contributed by atoms with E-state index in [2.05, 4.69) is 34.2 Å². The van der Waals surface area contributed by atoms with Crippen molar-refractivity contribution < 1.29 is 4.79 Å². The third-order valence-corrected chi connectivity index (χ3v) is 4.78. The largest absolute Gasteiger partial charge is 0.323 e. The van der Waals surface area contributed by atoms with Gasteiger partial charge in [0.25, 0.3) is 0 Å². The van der Waals surface area contributed by atoms with Gasteiger partial charge in [-0.25, -0.2) is 0 Å². The molecule has 2 atom stereocenters. The van der Waals surface area contributed by atoms with Gasteiger partial charge in [0.15, 0.2) is 0 Å². The number of hydrogen-bond donors (Lipinski definition) is 2. The van der Waals surface area contributed by atoms with E-state index in [1.165, 1.54) is 12.0 Å². The fourth-order valence-electron chi connectivity index (χ4n) is 3.11. The molecule has 0 spiro atoms. The number of anilines is 1. The zero-order chi connectivity index (χ0) is 14.9. The van der Waals surface area contributed by atoms with Gasteiger partial charge in [-0.15, -0.1) is 0 Å². The van der Waals surface area contributed by atoms with Crippen LogP contribution in [0.15, 0.2) is 16.6 Å². The van der Waals surface area contributed by atoms with Crippen LogP contribution in [-0.4, -0.2) is 11.4 Å². The summed E-state index contributed by atoms with van der Waals surface area (Å²) in [6.45, 7) is 6.21. The van der Waals surface area contributed by atoms with Crippen molar-refractivity contribution >= 4 is 27.5 Å². The first-order valence-electron chi connectivity index (χ1n) is 7.19. The molecular weight excluding hydrogens is 316 g/mol. The minimum absolute atomic E-state index is 0.0586. The fraction of sp³-hybridized carbons (Fsp3) is 0.562. The molecule has 0 heterocycles. The number of benzene rings is 1. The van der Waals surface area contributed by atoms with Crippen molar-refractivity contribution in [2.75, 3.05) is 5.32 Å². The second-order valence-electron chi connectivity index (χ2n) is 6.25. The van der Waals surface area contributed by atoms with Crippen molar-refractivity contribution in [1.29, 1.82) is 0 Å². The van der Waals surface area contributed by atoms with Crippen molar-refractivity contribution in [3.05, 3.63) is 27.7 Å². The van der Waals surface area contributed by atoms with Gasteiger partial charge in [0.05, 0.1) is 11.2 Å². The molecule has 0 radical (unpaired) electrons. The van der Waals surface area contributed by atoms with Gasteiger partial charge in [0.2, 0.25) is 5.91 Å². The molecule has 0 aliphatic heterocycles. The molecular formula is C16H23BrN2O. The van der Waals surface area contributed by atoms with E-state index in [0.717, 1.165) is 35.0 Å². The van der Waals surface area contributed by atoms with Crippen LogP contribution in [0.5, 0.6) is 0 Å². The Balaban J connectivity index is 2.20. The molecule has 0 bridgehead atoms. The van der Waals surface area contributed by atoms with Gasteiger partial charge in [-0.2, -0.15) is 0 Å². The summed E-state index contributed by atoms with van der Waals surface area (Å²) in [4.78, 5) is 12.6. The molecule has 1 aromatic carbocycles. The average Bonchev–Trinajstić information content (AvgIpc) is 2.33. The van der Waals surface area contributed by atoms with E-state index in [-0.39, 0.29) is 5.91 Å². The molecule has 4 heteroatoms. The molecule has 0 aromatic heterocycles. The Morgan fingerprint density at radius 2 is 2.15 bits per heavy atom. The van der Waals surface area contributed by atoms with Crippen LogP contribution in [0.4, 0.5) is 5.69 Å². The van der Waals surface area contributed by atoms with E-state index in [1.807, 2.05) is 19.9 Å². The standard InChI is InChI=1S/C16H23BrN2O/c1-10-5-4-6-16(18,9-10)15(20)19-14-12(3)7-11(2)8-13(14)17/h7-8,10H,4-6,9,18H2,1-3H3,(H,19,20). The number of hydrogen-bond acceptors (Lipinski definition) is 2. The Bertz CT molecular complexity index is 506. The minimum Gasteiger partial charge on any atom is -0.323 e. The number of carbonyl (C=O) groups is 1. The average molecular weight is 339 g/mol. The van der Waals surface area contributed by atoms with Crippen molar-refractivity contribution in [3.63, 3.8) is 0 Å². The smallest absolute Gasteiger partial charge is 0.244 e. The van der Waals surface area contributed by atoms with Crippen LogP contribution in [0.25, 0.3) is 0 Å². The Morgan fingerprint density at radius 3 is 2.75 bits per heavy atom. The highest BCUT2D eigenvalue weighted by Crippen LogP contribution is 2.33. The lowest BCUT2D eigenvalue weighted by atomic mass is 9.76. The SMILES string of the molecule is Cc1cc(C)c(NC(=O)C2(N)CCCC(C)C2)c(Br)c1. The molecule has 1 aromatic rings. The number of amides is 1. The number of carbonyl (C=O) groups excluding carboxylic acids is 1. The van der Waals surface area contributed by atoms with Crippen LogP contribution in [-0.2, 0) is 4.79 Å². The molecule has 110 valence electrons. The molecule has 1 saturated carbocycles. The highest BCUT2D eigenvalue weighted by molar-refractivity contribution is 9.10. The van der Waals surface area contributed by atoms with Crippen molar-refractivity contribution in [2.24, 2.45) is 11.7 Å². The highest BCUT2D eigenvalue weighted by Gasteiger charge is 2.38. The molecule has 0 saturated heterocycles. The second kappa shape index (κ2) is 5.86. The molecule has 2 rings (SSSR count). The summed E-state index contributed by atoms with van der Waals surface area (Å²) < 4.78 is 0.913. The van der Waals surface area contributed by atoms with Crippen LogP contribution >= 0.6 is 15.9 Å². The van der Waals surface area contributed by atoms with E-state index in [9.17, 15) is 4.79 Å². The molecule has 1 aliphatic carbocycles. The van der Waals surface area contributed by atoms with Gasteiger partial charge in [0, 0.05) is 4.47 Å². The van der Waals surface area contributed by atoms with Crippen LogP contribution in [0.1, 0.15) is 43.7 Å². The summed E-state index contributed by atoms with van der Waals surface area (Å²) in [5.74, 6) is 0.457. The molecule has 20 heavy (non-hydrogen) atoms. The zero-order valence-electron chi connectivity index (χ0n) is 12.4. The quantitative estimate of drug-likeness (QED) is 0.858. The monoisotopic (exact) mass is 338 g/mol. The normalized spacial score (nSPS) is 26.4. The van der Waals surface area contributed by atoms with Gasteiger partial charge in [0.1, 0.15) is 0 Å². The van der Waals surface area contributed by atoms with Crippen molar-refractivity contribution in [2.45, 2.75) is 52.0 Å². The second-order valence-corrected chi connectivity index (χ2v) is 7.10. The Labute approximate surface area is 129 Å². The van der Waals surface area contributed by atoms with Crippen LogP contribution < -0.4 is 11.1 Å². The van der Waals surface area contributed by atoms with E-state index >= 15 is 0 Å². The first-order valence-corrected chi connectivity index (χ1v) is 7.98. The molecule has 3 nitrogen and oxygen atoms in total. The Morgan fingerprint density at radius 1 is 1.45 bits per heavy atom. The number of aryl methyl sites for hydroxylation is 2. The molecule has 1 aliphatic rings. The Hall–Kier alpha value is -0.870. The van der Waals surface area contributed by atoms with E-state index < -0.39 is 5.54 Å². The maximum Gasteiger partial charge on any atom is 0.244 e. The molecule has 2 unspecified atom stereocenters. The summed E-state index contributed by atoms with van der Waals surface area (Å²) in [6.07, 6.45) is 3.73. The van der Waals surface area contributed by atoms with Crippen LogP contribution in [0, 0.1) is 19.8 Å². The van der Waals surface area contributed by atoms with Crippen LogP contribution in [0.2, 0.25) is 0 Å². The predicted molar refractivity (Wildman–Crippen MR) is 86.8 cm³/mol. The van der Waals surface area contributed by atoms with E-state index in [4.69, 9.17) is 5.73 Å². The van der Waals surface area contributed by atoms with Gasteiger partial charge < -0.3 is 11.1 Å². The summed E-state index contributed by atoms with van der Waals surface area (Å²) in [6, 6.07) is 4.07. The molecule has 1 amide bonds. The molecule has 3 N–H and O–H groups in total.